The van der Waals surface area contributed by atoms with Gasteiger partial charge in [-0.1, -0.05) is 29.3 Å². The van der Waals surface area contributed by atoms with E-state index in [1.807, 2.05) is 38.1 Å². The van der Waals surface area contributed by atoms with Crippen molar-refractivity contribution in [1.82, 2.24) is 5.32 Å². The van der Waals surface area contributed by atoms with Crippen molar-refractivity contribution in [3.05, 3.63) is 111 Å². The monoisotopic (exact) mass is 811 g/mol. The van der Waals surface area contributed by atoms with Gasteiger partial charge in [-0.3, -0.25) is 10.1 Å². The molecule has 7 atom stereocenters. The molecule has 308 valence electrons. The number of aliphatic carboxylic acids is 1. The molecule has 1 aromatic heterocycles. The molecular formula is C42H41N3O14. The van der Waals surface area contributed by atoms with Crippen LogP contribution < -0.4 is 25.7 Å². The minimum absolute atomic E-state index is 0.0247. The largest absolute Gasteiger partial charge is 0.548 e. The zero-order chi connectivity index (χ0) is 42.0. The molecule has 0 spiro atoms. The van der Waals surface area contributed by atoms with Crippen LogP contribution in [0.5, 0.6) is 11.5 Å². The van der Waals surface area contributed by atoms with Crippen molar-refractivity contribution in [2.45, 2.75) is 56.5 Å². The van der Waals surface area contributed by atoms with Crippen molar-refractivity contribution < 1.29 is 68.4 Å². The minimum atomic E-state index is -2.57. The van der Waals surface area contributed by atoms with Gasteiger partial charge >= 0.3 is 5.97 Å². The van der Waals surface area contributed by atoms with E-state index in [2.05, 4.69) is 10.3 Å². The number of aliphatic hydroxyl groups is 3. The van der Waals surface area contributed by atoms with Crippen molar-refractivity contribution in [2.75, 3.05) is 26.3 Å². The first-order chi connectivity index (χ1) is 28.3. The van der Waals surface area contributed by atoms with Gasteiger partial charge in [-0.25, -0.2) is 9.79 Å². The number of hydrogen-bond acceptors (Lipinski definition) is 16. The number of carboxylic acid groups (broad SMARTS) is 1. The van der Waals surface area contributed by atoms with E-state index in [-0.39, 0.29) is 53.0 Å². The first kappa shape index (κ1) is 41.1. The van der Waals surface area contributed by atoms with E-state index in [4.69, 9.17) is 23.5 Å². The number of hydroxylamine groups is 2. The van der Waals surface area contributed by atoms with Gasteiger partial charge in [0.15, 0.2) is 16.7 Å². The number of carbonyl (C=O) groups excluding carboxylic acids is 3. The first-order valence-electron chi connectivity index (χ1n) is 18.6. The molecule has 17 nitrogen and oxygen atoms in total. The van der Waals surface area contributed by atoms with Crippen LogP contribution in [-0.2, 0) is 28.7 Å². The summed E-state index contributed by atoms with van der Waals surface area (Å²) in [4.78, 5) is 59.9. The number of aliphatic imine (C=N–C) groups is 1. The number of aromatic hydroxyl groups is 1. The summed E-state index contributed by atoms with van der Waals surface area (Å²) < 4.78 is 23.5. The van der Waals surface area contributed by atoms with Crippen LogP contribution in [0.15, 0.2) is 98.5 Å². The summed E-state index contributed by atoms with van der Waals surface area (Å²) in [5.41, 5.74) is 2.66. The number of rotatable bonds is 15. The van der Waals surface area contributed by atoms with Crippen molar-refractivity contribution in [3.63, 3.8) is 0 Å². The average Bonchev–Trinajstić information content (AvgIpc) is 3.80. The summed E-state index contributed by atoms with van der Waals surface area (Å²) in [5, 5.41) is 58.8. The van der Waals surface area contributed by atoms with E-state index in [9.17, 15) is 44.7 Å². The molecule has 4 aromatic rings. The number of hydrogen-bond donors (Lipinski definition) is 6. The van der Waals surface area contributed by atoms with Crippen LogP contribution in [0, 0.1) is 13.8 Å². The quantitative estimate of drug-likeness (QED) is 0.0379. The van der Waals surface area contributed by atoms with Gasteiger partial charge in [-0.05, 0) is 61.9 Å². The summed E-state index contributed by atoms with van der Waals surface area (Å²) in [6.07, 6.45) is -1.86. The summed E-state index contributed by atoms with van der Waals surface area (Å²) >= 11 is 0. The molecule has 0 radical (unpaired) electrons. The highest BCUT2D eigenvalue weighted by Crippen LogP contribution is 2.36. The third kappa shape index (κ3) is 8.30. The van der Waals surface area contributed by atoms with Crippen LogP contribution in [0.3, 0.4) is 0 Å². The summed E-state index contributed by atoms with van der Waals surface area (Å²) in [7, 11) is 0. The molecule has 7 rings (SSSR count). The molecule has 0 aliphatic carbocycles. The van der Waals surface area contributed by atoms with Gasteiger partial charge in [-0.15, -0.1) is 0 Å². The van der Waals surface area contributed by atoms with E-state index in [1.54, 1.807) is 18.3 Å². The van der Waals surface area contributed by atoms with Crippen molar-refractivity contribution in [3.8, 4) is 22.6 Å². The summed E-state index contributed by atoms with van der Waals surface area (Å²) in [6, 6.07) is 14.2. The molecule has 0 saturated carbocycles. The molecule has 59 heavy (non-hydrogen) atoms. The number of esters is 1. The third-order valence-corrected chi connectivity index (χ3v) is 10.2. The lowest BCUT2D eigenvalue weighted by atomic mass is 9.84. The van der Waals surface area contributed by atoms with Crippen LogP contribution in [0.25, 0.3) is 27.8 Å². The number of nitrogens with zero attached hydrogens (tertiary/aromatic N) is 1. The van der Waals surface area contributed by atoms with Crippen LogP contribution in [-0.4, -0.2) is 107 Å². The number of allylic oxidation sites excluding steroid dienone is 1. The fraction of sp³-hybridized carbons (Fsp3) is 0.310. The lowest BCUT2D eigenvalue weighted by Gasteiger charge is -2.47. The highest BCUT2D eigenvalue weighted by molar-refractivity contribution is 5.97. The van der Waals surface area contributed by atoms with E-state index in [1.165, 1.54) is 36.6 Å². The Bertz CT molecular complexity index is 2410. The molecule has 1 saturated heterocycles. The number of aldehydes is 1. The van der Waals surface area contributed by atoms with E-state index < -0.39 is 61.4 Å². The topological polar surface area (TPSA) is 251 Å². The van der Waals surface area contributed by atoms with Crippen molar-refractivity contribution in [1.29, 1.82) is 0 Å². The van der Waals surface area contributed by atoms with Gasteiger partial charge in [-0.2, -0.15) is 9.90 Å². The van der Waals surface area contributed by atoms with Crippen LogP contribution in [0.4, 0.5) is 0 Å². The molecule has 1 unspecified atom stereocenters. The average molecular weight is 812 g/mol. The van der Waals surface area contributed by atoms with E-state index >= 15 is 0 Å². The minimum Gasteiger partial charge on any atom is -0.548 e. The number of aryl methyl sites for hydroxylation is 2. The number of fused-ring (bicyclic) bond motifs is 2. The Hall–Kier alpha value is -6.05. The Labute approximate surface area is 336 Å². The molecule has 0 bridgehead atoms. The lowest BCUT2D eigenvalue weighted by molar-refractivity contribution is -1.04. The molecule has 3 aliphatic heterocycles. The zero-order valence-corrected chi connectivity index (χ0v) is 31.8. The predicted octanol–water partition coefficient (Wildman–Crippen LogP) is -0.611. The fourth-order valence-corrected chi connectivity index (χ4v) is 7.35. The predicted molar refractivity (Wildman–Crippen MR) is 205 cm³/mol. The maximum atomic E-state index is 13.5. The van der Waals surface area contributed by atoms with Gasteiger partial charge in [0.05, 0.1) is 23.5 Å². The Morgan fingerprint density at radius 3 is 2.54 bits per heavy atom. The summed E-state index contributed by atoms with van der Waals surface area (Å²) in [6.45, 7) is 1.97. The van der Waals surface area contributed by atoms with Crippen LogP contribution in [0.1, 0.15) is 23.1 Å². The molecule has 1 fully saturated rings. The Morgan fingerprint density at radius 2 is 1.85 bits per heavy atom. The Kier molecular flexibility index (Phi) is 11.9. The van der Waals surface area contributed by atoms with E-state index in [0.29, 0.717) is 28.3 Å². The molecule has 6 N–H and O–H groups in total. The number of phenolic OH excluding ortho intramolecular Hbond substituents is 1. The van der Waals surface area contributed by atoms with Crippen LogP contribution >= 0.6 is 0 Å². The molecule has 0 amide bonds. The second-order valence-corrected chi connectivity index (χ2v) is 14.4. The highest BCUT2D eigenvalue weighted by Gasteiger charge is 2.60. The van der Waals surface area contributed by atoms with Gasteiger partial charge in [0, 0.05) is 36.4 Å². The Balaban J connectivity index is 1.23. The van der Waals surface area contributed by atoms with Gasteiger partial charge in [0.1, 0.15) is 66.7 Å². The SMILES string of the molecule is Cc1cc(C)cc(C2=C3N=CC=C3C[NH+]2O[C@H]2[C@@H](Oc3ccc4c(=O)c(-c5ccc(O)cc5)coc4c3)O[C@@H](COC(=O)[C@H](NCCC=O)C(=O)[O-])[C@H](O)[C@]2(O)CO)c1. The van der Waals surface area contributed by atoms with Gasteiger partial charge in [0.25, 0.3) is 0 Å². The number of aliphatic hydroxyl groups excluding tert-OH is 2. The maximum Gasteiger partial charge on any atom is 0.329 e. The van der Waals surface area contributed by atoms with Crippen LogP contribution in [0.2, 0.25) is 0 Å². The second kappa shape index (κ2) is 17.0. The van der Waals surface area contributed by atoms with Gasteiger partial charge < -0.3 is 53.7 Å². The number of phenols is 1. The summed E-state index contributed by atoms with van der Waals surface area (Å²) in [5.74, 6) is -3.11. The molecule has 3 aromatic carbocycles. The smallest absolute Gasteiger partial charge is 0.329 e. The number of carbonyl (C=O) groups is 3. The van der Waals surface area contributed by atoms with Crippen molar-refractivity contribution >= 4 is 41.1 Å². The van der Waals surface area contributed by atoms with Gasteiger partial charge in [0.2, 0.25) is 12.4 Å². The number of quaternary nitrogens is 1. The zero-order valence-electron chi connectivity index (χ0n) is 31.8. The normalized spacial score (nSPS) is 24.2. The molecular weight excluding hydrogens is 770 g/mol. The number of benzene rings is 3. The molecule has 17 heteroatoms. The molecule has 3 aliphatic rings. The maximum absolute atomic E-state index is 13.5. The lowest BCUT2D eigenvalue weighted by Crippen LogP contribution is -3.09. The second-order valence-electron chi connectivity index (χ2n) is 14.4. The highest BCUT2D eigenvalue weighted by atomic mass is 16.8. The standard InChI is InChI=1S/C42H41N3O14/c1-22-14-23(2)16-26(15-22)35-33-25(10-12-44-33)18-45(35)59-38-41(57-28-8-9-29-31(17-28)55-19-30(36(29)49)24-4-6-27(48)7-5-24)58-32(37(50)42(38,54)21-47)20-56-40(53)34(39(51)52)43-11-3-13-46/h4-10,12-17,19,32,34,37-38,41,43,47-48,50,54H,3,11,18,20-21H2,1-2H3,(H,51,52)/t32-,34+,37-,38-,41-,42+/m0/s1. The third-order valence-electron chi connectivity index (χ3n) is 10.2. The van der Waals surface area contributed by atoms with Crippen molar-refractivity contribution in [2.24, 2.45) is 4.99 Å². The number of carboxylic acids is 1. The first-order valence-corrected chi connectivity index (χ1v) is 18.6. The molecule has 4 heterocycles. The fourth-order valence-electron chi connectivity index (χ4n) is 7.35. The van der Waals surface area contributed by atoms with E-state index in [0.717, 1.165) is 22.3 Å². The number of nitrogens with one attached hydrogen (secondary N) is 2. The Morgan fingerprint density at radius 1 is 1.10 bits per heavy atom. The number of ether oxygens (including phenoxy) is 3.